The van der Waals surface area contributed by atoms with E-state index in [4.69, 9.17) is 28.9 Å². The standard InChI is InChI=1S/C18H14Cl2N4/c19-15-8-12(18(21)22-10-23-24-18)9-16(20)17(15)14-7-3-5-11-4-1-2-6-13(11)14/h1-10,24H,21H2,(H,22,23). The molecule has 1 heterocycles. The van der Waals surface area contributed by atoms with E-state index < -0.39 is 5.79 Å². The topological polar surface area (TPSA) is 62.4 Å². The lowest BCUT2D eigenvalue weighted by Gasteiger charge is -2.22. The number of benzene rings is 3. The zero-order valence-electron chi connectivity index (χ0n) is 12.6. The summed E-state index contributed by atoms with van der Waals surface area (Å²) < 4.78 is 0. The molecule has 4 nitrogen and oxygen atoms in total. The molecule has 3 aromatic rings. The molecular formula is C18H14Cl2N4. The summed E-state index contributed by atoms with van der Waals surface area (Å²) in [6.07, 6.45) is 1.50. The number of nitrogens with one attached hydrogen (secondary N) is 2. The maximum Gasteiger partial charge on any atom is 0.206 e. The number of rotatable bonds is 2. The van der Waals surface area contributed by atoms with Crippen LogP contribution in [0.3, 0.4) is 0 Å². The Hall–Kier alpha value is -2.11. The minimum Gasteiger partial charge on any atom is -0.309 e. The predicted molar refractivity (Wildman–Crippen MR) is 100 cm³/mol. The van der Waals surface area contributed by atoms with Gasteiger partial charge in [-0.2, -0.15) is 5.43 Å². The summed E-state index contributed by atoms with van der Waals surface area (Å²) in [5, 5.41) is 3.29. The molecule has 0 aliphatic carbocycles. The molecule has 1 aliphatic heterocycles. The van der Waals surface area contributed by atoms with Crippen molar-refractivity contribution in [3.8, 4) is 11.1 Å². The van der Waals surface area contributed by atoms with Crippen molar-refractivity contribution in [3.05, 3.63) is 70.2 Å². The first-order valence-corrected chi connectivity index (χ1v) is 8.17. The van der Waals surface area contributed by atoms with Crippen LogP contribution in [-0.4, -0.2) is 6.34 Å². The molecule has 4 N–H and O–H groups in total. The quantitative estimate of drug-likeness (QED) is 0.649. The van der Waals surface area contributed by atoms with Gasteiger partial charge in [-0.25, -0.2) is 4.99 Å². The fourth-order valence-electron chi connectivity index (χ4n) is 2.95. The number of hydrazine groups is 1. The second-order valence-corrected chi connectivity index (χ2v) is 6.45. The lowest BCUT2D eigenvalue weighted by molar-refractivity contribution is 0.375. The number of hydrogen-bond acceptors (Lipinski definition) is 4. The third-order valence-corrected chi connectivity index (χ3v) is 4.73. The molecule has 0 saturated heterocycles. The van der Waals surface area contributed by atoms with Crippen molar-refractivity contribution in [3.63, 3.8) is 0 Å². The third-order valence-electron chi connectivity index (χ3n) is 4.14. The fourth-order valence-corrected chi connectivity index (χ4v) is 3.64. The molecule has 24 heavy (non-hydrogen) atoms. The Morgan fingerprint density at radius 2 is 1.67 bits per heavy atom. The van der Waals surface area contributed by atoms with Gasteiger partial charge in [0.2, 0.25) is 5.79 Å². The van der Waals surface area contributed by atoms with Crippen LogP contribution in [0.5, 0.6) is 0 Å². The molecule has 1 aliphatic rings. The van der Waals surface area contributed by atoms with Crippen molar-refractivity contribution in [1.82, 2.24) is 10.9 Å². The van der Waals surface area contributed by atoms with Crippen molar-refractivity contribution in [1.29, 1.82) is 0 Å². The van der Waals surface area contributed by atoms with Crippen molar-refractivity contribution in [2.75, 3.05) is 0 Å². The van der Waals surface area contributed by atoms with E-state index in [0.29, 0.717) is 15.6 Å². The van der Waals surface area contributed by atoms with Crippen molar-refractivity contribution < 1.29 is 0 Å². The summed E-state index contributed by atoms with van der Waals surface area (Å²) in [4.78, 5) is 4.19. The van der Waals surface area contributed by atoms with Crippen LogP contribution in [0.25, 0.3) is 21.9 Å². The number of nitrogens with zero attached hydrogens (tertiary/aromatic N) is 1. The smallest absolute Gasteiger partial charge is 0.206 e. The minimum absolute atomic E-state index is 0.530. The van der Waals surface area contributed by atoms with E-state index in [-0.39, 0.29) is 0 Å². The summed E-state index contributed by atoms with van der Waals surface area (Å²) in [5.74, 6) is -1.08. The number of aliphatic imine (C=N–C) groups is 1. The van der Waals surface area contributed by atoms with Crippen molar-refractivity contribution in [2.45, 2.75) is 5.79 Å². The second kappa shape index (κ2) is 5.76. The van der Waals surface area contributed by atoms with Gasteiger partial charge in [0.1, 0.15) is 6.34 Å². The number of halogens is 2. The maximum absolute atomic E-state index is 6.57. The summed E-state index contributed by atoms with van der Waals surface area (Å²) in [6.45, 7) is 0. The molecule has 3 aromatic carbocycles. The largest absolute Gasteiger partial charge is 0.309 e. The molecule has 4 rings (SSSR count). The van der Waals surface area contributed by atoms with Crippen LogP contribution in [0.15, 0.2) is 59.6 Å². The molecule has 0 aromatic heterocycles. The predicted octanol–water partition coefficient (Wildman–Crippen LogP) is 4.02. The molecule has 1 atom stereocenters. The van der Waals surface area contributed by atoms with Crippen molar-refractivity contribution >= 4 is 40.3 Å². The van der Waals surface area contributed by atoms with E-state index in [1.54, 1.807) is 12.1 Å². The molecule has 0 fully saturated rings. The highest BCUT2D eigenvalue weighted by atomic mass is 35.5. The highest BCUT2D eigenvalue weighted by molar-refractivity contribution is 6.40. The van der Waals surface area contributed by atoms with Crippen LogP contribution in [0.1, 0.15) is 5.56 Å². The number of nitrogens with two attached hydrogens (primary N) is 1. The van der Waals surface area contributed by atoms with Crippen LogP contribution < -0.4 is 16.6 Å². The van der Waals surface area contributed by atoms with Gasteiger partial charge < -0.3 is 5.43 Å². The van der Waals surface area contributed by atoms with Crippen LogP contribution in [0.4, 0.5) is 0 Å². The van der Waals surface area contributed by atoms with Crippen molar-refractivity contribution in [2.24, 2.45) is 10.7 Å². The molecule has 0 saturated carbocycles. The Kier molecular flexibility index (Phi) is 3.70. The molecule has 0 radical (unpaired) electrons. The highest BCUT2D eigenvalue weighted by Crippen LogP contribution is 2.40. The van der Waals surface area contributed by atoms with Crippen LogP contribution in [0.2, 0.25) is 10.0 Å². The van der Waals surface area contributed by atoms with Gasteiger partial charge in [-0.1, -0.05) is 65.7 Å². The van der Waals surface area contributed by atoms with Gasteiger partial charge in [-0.15, -0.1) is 0 Å². The molecule has 0 bridgehead atoms. The van der Waals surface area contributed by atoms with Gasteiger partial charge in [0.05, 0.1) is 10.0 Å². The normalized spacial score (nSPS) is 19.6. The molecule has 0 spiro atoms. The maximum atomic E-state index is 6.57. The SMILES string of the molecule is NC1(c2cc(Cl)c(-c3cccc4ccccc34)c(Cl)c2)N=CNN1. The van der Waals surface area contributed by atoms with Crippen LogP contribution >= 0.6 is 23.2 Å². The van der Waals surface area contributed by atoms with E-state index in [9.17, 15) is 0 Å². The van der Waals surface area contributed by atoms with Gasteiger partial charge >= 0.3 is 0 Å². The second-order valence-electron chi connectivity index (χ2n) is 5.64. The first kappa shape index (κ1) is 15.4. The summed E-state index contributed by atoms with van der Waals surface area (Å²) >= 11 is 13.1. The lowest BCUT2D eigenvalue weighted by atomic mass is 9.96. The van der Waals surface area contributed by atoms with E-state index in [1.807, 2.05) is 24.3 Å². The molecule has 0 amide bonds. The summed E-state index contributed by atoms with van der Waals surface area (Å²) in [5.41, 5.74) is 14.3. The van der Waals surface area contributed by atoms with Gasteiger partial charge in [0.25, 0.3) is 0 Å². The van der Waals surface area contributed by atoms with Gasteiger partial charge in [0, 0.05) is 11.1 Å². The number of hydrogen-bond donors (Lipinski definition) is 3. The Morgan fingerprint density at radius 1 is 0.958 bits per heavy atom. The van der Waals surface area contributed by atoms with E-state index in [0.717, 1.165) is 21.9 Å². The summed E-state index contributed by atoms with van der Waals surface area (Å²) in [6, 6.07) is 17.8. The fraction of sp³-hybridized carbons (Fsp3) is 0.0556. The first-order valence-electron chi connectivity index (χ1n) is 7.41. The average molecular weight is 357 g/mol. The highest BCUT2D eigenvalue weighted by Gasteiger charge is 2.30. The van der Waals surface area contributed by atoms with E-state index >= 15 is 0 Å². The zero-order valence-corrected chi connectivity index (χ0v) is 14.1. The van der Waals surface area contributed by atoms with Crippen LogP contribution in [-0.2, 0) is 5.79 Å². The summed E-state index contributed by atoms with van der Waals surface area (Å²) in [7, 11) is 0. The van der Waals surface area contributed by atoms with Gasteiger partial charge in [-0.05, 0) is 28.5 Å². The Bertz CT molecular complexity index is 942. The van der Waals surface area contributed by atoms with E-state index in [2.05, 4.69) is 34.0 Å². The monoisotopic (exact) mass is 356 g/mol. The first-order chi connectivity index (χ1) is 11.6. The Labute approximate surface area is 149 Å². The molecule has 1 unspecified atom stereocenters. The van der Waals surface area contributed by atoms with Gasteiger partial charge in [0.15, 0.2) is 0 Å². The van der Waals surface area contributed by atoms with Crippen LogP contribution in [0, 0.1) is 0 Å². The minimum atomic E-state index is -1.08. The molecule has 120 valence electrons. The lowest BCUT2D eigenvalue weighted by Crippen LogP contribution is -2.49. The third kappa shape index (κ3) is 2.44. The molecular weight excluding hydrogens is 343 g/mol. The van der Waals surface area contributed by atoms with E-state index in [1.165, 1.54) is 6.34 Å². The number of fused-ring (bicyclic) bond motifs is 1. The van der Waals surface area contributed by atoms with Gasteiger partial charge in [-0.3, -0.25) is 5.73 Å². The average Bonchev–Trinajstić information content (AvgIpc) is 3.02. The molecule has 6 heteroatoms. The zero-order chi connectivity index (χ0) is 16.7. The Morgan fingerprint density at radius 3 is 2.38 bits per heavy atom. The Balaban J connectivity index is 1.92.